The molecule has 5 nitrogen and oxygen atoms in total. The van der Waals surface area contributed by atoms with Crippen molar-refractivity contribution >= 4 is 23.0 Å². The number of carbonyl (C=O) groups excluding carboxylic acids is 2. The highest BCUT2D eigenvalue weighted by Gasteiger charge is 2.45. The van der Waals surface area contributed by atoms with Crippen LogP contribution in [0, 0.1) is 24.2 Å². The maximum atomic E-state index is 12.9. The smallest absolute Gasteiger partial charge is 0.224 e. The first-order valence-corrected chi connectivity index (χ1v) is 11.3. The Kier molecular flexibility index (Phi) is 6.80. The number of nitrogens with two attached hydrogens (primary N) is 1. The lowest BCUT2D eigenvalue weighted by Crippen LogP contribution is -2.47. The maximum absolute atomic E-state index is 12.9. The second kappa shape index (κ2) is 9.00. The molecule has 1 aromatic carbocycles. The average Bonchev–Trinajstić information content (AvgIpc) is 3.30. The summed E-state index contributed by atoms with van der Waals surface area (Å²) < 4.78 is 0. The van der Waals surface area contributed by atoms with Gasteiger partial charge in [0.05, 0.1) is 18.1 Å². The Labute approximate surface area is 182 Å². The zero-order valence-electron chi connectivity index (χ0n) is 18.1. The van der Waals surface area contributed by atoms with E-state index in [4.69, 9.17) is 5.73 Å². The minimum Gasteiger partial charge on any atom is -0.393 e. The van der Waals surface area contributed by atoms with Crippen LogP contribution in [0.15, 0.2) is 35.7 Å². The molecule has 2 aromatic rings. The summed E-state index contributed by atoms with van der Waals surface area (Å²) in [5.41, 5.74) is 9.18. The molecular formula is C24H32N2O3S. The van der Waals surface area contributed by atoms with Gasteiger partial charge in [0.25, 0.3) is 0 Å². The Morgan fingerprint density at radius 1 is 1.17 bits per heavy atom. The zero-order valence-corrected chi connectivity index (χ0v) is 19.0. The fourth-order valence-electron chi connectivity index (χ4n) is 4.04. The van der Waals surface area contributed by atoms with Gasteiger partial charge in [0.1, 0.15) is 0 Å². The molecule has 1 aliphatic rings. The predicted octanol–water partition coefficient (Wildman–Crippen LogP) is 3.67. The minimum atomic E-state index is -0.656. The average molecular weight is 429 g/mol. The molecule has 1 heterocycles. The van der Waals surface area contributed by atoms with Crippen LogP contribution < -0.4 is 11.1 Å². The van der Waals surface area contributed by atoms with Crippen molar-refractivity contribution in [2.45, 2.75) is 59.2 Å². The Bertz CT molecular complexity index is 898. The van der Waals surface area contributed by atoms with Crippen LogP contribution in [0.3, 0.4) is 0 Å². The van der Waals surface area contributed by atoms with Crippen LogP contribution in [0.4, 0.5) is 0 Å². The largest absolute Gasteiger partial charge is 0.393 e. The minimum absolute atomic E-state index is 0.130. The van der Waals surface area contributed by atoms with Crippen LogP contribution in [0.25, 0.3) is 10.4 Å². The first kappa shape index (κ1) is 22.7. The van der Waals surface area contributed by atoms with E-state index >= 15 is 0 Å². The van der Waals surface area contributed by atoms with Crippen LogP contribution in [-0.4, -0.2) is 28.9 Å². The Morgan fingerprint density at radius 3 is 2.37 bits per heavy atom. The summed E-state index contributed by atoms with van der Waals surface area (Å²) in [6.07, 6.45) is -0.0409. The van der Waals surface area contributed by atoms with Gasteiger partial charge in [-0.15, -0.1) is 11.3 Å². The van der Waals surface area contributed by atoms with E-state index in [1.54, 1.807) is 11.3 Å². The molecule has 1 aliphatic carbocycles. The van der Waals surface area contributed by atoms with E-state index < -0.39 is 24.0 Å². The molecule has 0 saturated heterocycles. The molecule has 162 valence electrons. The van der Waals surface area contributed by atoms with Crippen molar-refractivity contribution in [3.05, 3.63) is 46.8 Å². The van der Waals surface area contributed by atoms with E-state index in [0.29, 0.717) is 19.4 Å². The van der Waals surface area contributed by atoms with Gasteiger partial charge in [-0.3, -0.25) is 9.59 Å². The number of ketones is 1. The number of aliphatic hydroxyl groups excluding tert-OH is 1. The number of aliphatic hydroxyl groups is 1. The van der Waals surface area contributed by atoms with Crippen LogP contribution in [-0.2, 0) is 16.1 Å². The number of rotatable bonds is 6. The van der Waals surface area contributed by atoms with Crippen molar-refractivity contribution in [1.29, 1.82) is 0 Å². The molecule has 3 rings (SSSR count). The summed E-state index contributed by atoms with van der Waals surface area (Å²) in [5, 5.41) is 15.1. The summed E-state index contributed by atoms with van der Waals surface area (Å²) in [6.45, 7) is 8.23. The SMILES string of the molecule is Cc1ccsc1-c1ccc(CNC(=O)C2CC(O)CC2C(=O)[C@@H](N)C(C)(C)C)cc1. The van der Waals surface area contributed by atoms with E-state index in [0.717, 1.165) is 5.56 Å². The molecule has 4 N–H and O–H groups in total. The fraction of sp³-hybridized carbons (Fsp3) is 0.500. The molecule has 1 fully saturated rings. The number of amides is 1. The number of carbonyl (C=O) groups is 2. The van der Waals surface area contributed by atoms with E-state index in [-0.39, 0.29) is 17.1 Å². The van der Waals surface area contributed by atoms with Gasteiger partial charge in [0.2, 0.25) is 5.91 Å². The van der Waals surface area contributed by atoms with Gasteiger partial charge in [-0.2, -0.15) is 0 Å². The molecule has 30 heavy (non-hydrogen) atoms. The molecule has 1 amide bonds. The number of Topliss-reactive ketones (excluding diaryl/α,β-unsaturated/α-hetero) is 1. The molecule has 0 spiro atoms. The standard InChI is InChI=1S/C24H32N2O3S/c1-14-9-10-30-21(14)16-7-5-15(6-8-16)13-26-23(29)19-12-17(27)11-18(19)20(28)22(25)24(2,3)4/h5-10,17-19,22,27H,11-13,25H2,1-4H3,(H,26,29)/t17?,18?,19?,22-/m1/s1. The van der Waals surface area contributed by atoms with Crippen molar-refractivity contribution in [3.63, 3.8) is 0 Å². The second-order valence-corrected chi connectivity index (χ2v) is 10.3. The summed E-state index contributed by atoms with van der Waals surface area (Å²) in [6, 6.07) is 9.60. The molecule has 6 heteroatoms. The van der Waals surface area contributed by atoms with Gasteiger partial charge >= 0.3 is 0 Å². The molecule has 1 aromatic heterocycles. The van der Waals surface area contributed by atoms with Crippen molar-refractivity contribution in [1.82, 2.24) is 5.32 Å². The third-order valence-electron chi connectivity index (χ3n) is 6.02. The summed E-state index contributed by atoms with van der Waals surface area (Å²) in [4.78, 5) is 27.0. The number of thiophene rings is 1. The highest BCUT2D eigenvalue weighted by molar-refractivity contribution is 7.13. The summed E-state index contributed by atoms with van der Waals surface area (Å²) in [5.74, 6) is -1.38. The molecule has 0 radical (unpaired) electrons. The maximum Gasteiger partial charge on any atom is 0.224 e. The van der Waals surface area contributed by atoms with Gasteiger partial charge in [-0.05, 0) is 53.3 Å². The first-order valence-electron chi connectivity index (χ1n) is 10.5. The summed E-state index contributed by atoms with van der Waals surface area (Å²) >= 11 is 1.71. The van der Waals surface area contributed by atoms with E-state index in [9.17, 15) is 14.7 Å². The lowest BCUT2D eigenvalue weighted by atomic mass is 9.78. The number of hydrogen-bond donors (Lipinski definition) is 3. The van der Waals surface area contributed by atoms with Crippen LogP contribution in [0.1, 0.15) is 44.7 Å². The fourth-order valence-corrected chi connectivity index (χ4v) is 4.97. The lowest BCUT2D eigenvalue weighted by Gasteiger charge is -2.29. The van der Waals surface area contributed by atoms with Gasteiger partial charge in [0.15, 0.2) is 5.78 Å². The first-order chi connectivity index (χ1) is 14.1. The molecule has 4 atom stereocenters. The monoisotopic (exact) mass is 428 g/mol. The normalized spacial score (nSPS) is 22.7. The highest BCUT2D eigenvalue weighted by Crippen LogP contribution is 2.36. The van der Waals surface area contributed by atoms with Crippen molar-refractivity contribution < 1.29 is 14.7 Å². The topological polar surface area (TPSA) is 92.4 Å². The van der Waals surface area contributed by atoms with Crippen molar-refractivity contribution in [2.24, 2.45) is 23.0 Å². The predicted molar refractivity (Wildman–Crippen MR) is 121 cm³/mol. The van der Waals surface area contributed by atoms with Gasteiger partial charge in [0, 0.05) is 17.3 Å². The summed E-state index contributed by atoms with van der Waals surface area (Å²) in [7, 11) is 0. The quantitative estimate of drug-likeness (QED) is 0.655. The number of nitrogens with one attached hydrogen (secondary N) is 1. The van der Waals surface area contributed by atoms with Crippen LogP contribution in [0.2, 0.25) is 0 Å². The van der Waals surface area contributed by atoms with Gasteiger partial charge in [-0.1, -0.05) is 45.0 Å². The van der Waals surface area contributed by atoms with Gasteiger partial charge in [-0.25, -0.2) is 0 Å². The molecule has 0 bridgehead atoms. The van der Waals surface area contributed by atoms with Gasteiger partial charge < -0.3 is 16.2 Å². The number of aryl methyl sites for hydroxylation is 1. The van der Waals surface area contributed by atoms with Crippen molar-refractivity contribution in [2.75, 3.05) is 0 Å². The van der Waals surface area contributed by atoms with Crippen LogP contribution >= 0.6 is 11.3 Å². The highest BCUT2D eigenvalue weighted by atomic mass is 32.1. The third kappa shape index (κ3) is 4.99. The molecule has 0 aliphatic heterocycles. The Hall–Kier alpha value is -2.02. The number of hydrogen-bond acceptors (Lipinski definition) is 5. The molecule has 3 unspecified atom stereocenters. The van der Waals surface area contributed by atoms with E-state index in [2.05, 4.69) is 35.8 Å². The Morgan fingerprint density at radius 2 is 1.80 bits per heavy atom. The third-order valence-corrected chi connectivity index (χ3v) is 7.09. The van der Waals surface area contributed by atoms with Crippen molar-refractivity contribution in [3.8, 4) is 10.4 Å². The lowest BCUT2D eigenvalue weighted by molar-refractivity contribution is -0.134. The van der Waals surface area contributed by atoms with Crippen LogP contribution in [0.5, 0.6) is 0 Å². The number of benzene rings is 1. The second-order valence-electron chi connectivity index (χ2n) is 9.43. The zero-order chi connectivity index (χ0) is 22.1. The Balaban J connectivity index is 1.63. The molecule has 1 saturated carbocycles. The molecular weight excluding hydrogens is 396 g/mol. The van der Waals surface area contributed by atoms with E-state index in [1.807, 2.05) is 32.9 Å². The van der Waals surface area contributed by atoms with E-state index in [1.165, 1.54) is 16.0 Å².